The number of nitrogen functional groups attached to an aromatic ring is 1. The molecule has 0 saturated carbocycles. The number of anilines is 1. The molecule has 3 N–H and O–H groups in total. The zero-order valence-electron chi connectivity index (χ0n) is 24.4. The number of nitriles is 1. The lowest BCUT2D eigenvalue weighted by Crippen LogP contribution is -2.41. The van der Waals surface area contributed by atoms with Gasteiger partial charge in [-0.1, -0.05) is 13.0 Å². The van der Waals surface area contributed by atoms with Crippen molar-refractivity contribution in [2.45, 2.75) is 51.7 Å². The monoisotopic (exact) mass is 604 g/mol. The summed E-state index contributed by atoms with van der Waals surface area (Å²) in [6, 6.07) is 9.02. The number of nitrogens with two attached hydrogens (primary N) is 1. The molecule has 1 amide bonds. The van der Waals surface area contributed by atoms with Gasteiger partial charge in [0.25, 0.3) is 5.91 Å². The number of nitrogens with zero attached hydrogens (tertiary/aromatic N) is 6. The third-order valence-electron chi connectivity index (χ3n) is 7.41. The van der Waals surface area contributed by atoms with E-state index in [-0.39, 0.29) is 52.6 Å². The molecule has 0 spiro atoms. The van der Waals surface area contributed by atoms with Crippen LogP contribution in [0, 0.1) is 28.8 Å². The van der Waals surface area contributed by atoms with E-state index in [1.165, 1.54) is 30.6 Å². The van der Waals surface area contributed by atoms with E-state index in [4.69, 9.17) is 10.5 Å². The molecular formula is C31H31F3N8O2. The molecule has 4 aromatic rings. The Hall–Kier alpha value is -4.96. The maximum atomic E-state index is 15.5. The smallest absolute Gasteiger partial charge is 0.264 e. The third kappa shape index (κ3) is 6.07. The molecule has 0 unspecified atom stereocenters. The van der Waals surface area contributed by atoms with Crippen LogP contribution in [0.1, 0.15) is 33.6 Å². The van der Waals surface area contributed by atoms with Crippen LogP contribution in [0.2, 0.25) is 0 Å². The fraction of sp³-hybridized carbons (Fsp3) is 0.323. The lowest BCUT2D eigenvalue weighted by Gasteiger charge is -2.26. The Bertz CT molecular complexity index is 1800. The molecule has 2 aromatic heterocycles. The van der Waals surface area contributed by atoms with Gasteiger partial charge in [-0.2, -0.15) is 14.8 Å². The standard InChI is InChI=1S/C31H31F3N8O2/c1-4-39-31(2,3)14-18(15-35)30(43)41-12-6-7-19(41)16-42-29-25(28(36)37-17-38-29)27(40-42)21-11-10-20(13-23(21)33)44-24-9-5-8-22(32)26(24)34/h5,8-11,13-14,17,19,39H,4,6-7,12,16H2,1-3H3,(H2,36,37,38)/t19-/m0/s1. The van der Waals surface area contributed by atoms with Crippen molar-refractivity contribution in [2.24, 2.45) is 0 Å². The van der Waals surface area contributed by atoms with E-state index in [1.54, 1.807) is 15.7 Å². The van der Waals surface area contributed by atoms with Crippen LogP contribution in [0.5, 0.6) is 11.5 Å². The van der Waals surface area contributed by atoms with Crippen LogP contribution < -0.4 is 15.8 Å². The van der Waals surface area contributed by atoms with Crippen molar-refractivity contribution in [1.29, 1.82) is 5.26 Å². The Labute approximate surface area is 252 Å². The van der Waals surface area contributed by atoms with E-state index >= 15 is 4.39 Å². The minimum absolute atomic E-state index is 0.0444. The first kappa shape index (κ1) is 30.5. The number of likely N-dealkylation sites (N-methyl/N-ethyl adjacent to an activating group) is 1. The number of likely N-dealkylation sites (tertiary alicyclic amines) is 1. The van der Waals surface area contributed by atoms with Crippen LogP contribution in [-0.2, 0) is 11.3 Å². The highest BCUT2D eigenvalue weighted by molar-refractivity contribution is 5.99. The topological polar surface area (TPSA) is 135 Å². The Morgan fingerprint density at radius 3 is 2.75 bits per heavy atom. The first-order valence-electron chi connectivity index (χ1n) is 14.1. The average molecular weight is 605 g/mol. The second-order valence-corrected chi connectivity index (χ2v) is 11.0. The molecule has 13 heteroatoms. The molecule has 44 heavy (non-hydrogen) atoms. The maximum absolute atomic E-state index is 15.5. The minimum Gasteiger partial charge on any atom is -0.454 e. The molecule has 1 aliphatic heterocycles. The second-order valence-electron chi connectivity index (χ2n) is 11.0. The van der Waals surface area contributed by atoms with Gasteiger partial charge < -0.3 is 20.7 Å². The molecule has 1 fully saturated rings. The van der Waals surface area contributed by atoms with E-state index in [0.29, 0.717) is 30.5 Å². The van der Waals surface area contributed by atoms with Gasteiger partial charge in [0.2, 0.25) is 5.82 Å². The zero-order valence-corrected chi connectivity index (χ0v) is 24.4. The number of carbonyl (C=O) groups is 1. The molecule has 1 saturated heterocycles. The average Bonchev–Trinajstić information content (AvgIpc) is 3.59. The number of carbonyl (C=O) groups excluding carboxylic acids is 1. The van der Waals surface area contributed by atoms with Gasteiger partial charge in [-0.05, 0) is 63.6 Å². The molecule has 5 rings (SSSR count). The lowest BCUT2D eigenvalue weighted by molar-refractivity contribution is -0.127. The summed E-state index contributed by atoms with van der Waals surface area (Å²) in [5.74, 6) is -3.77. The van der Waals surface area contributed by atoms with E-state index < -0.39 is 23.0 Å². The molecule has 0 radical (unpaired) electrons. The minimum atomic E-state index is -1.19. The number of hydrogen-bond donors (Lipinski definition) is 2. The van der Waals surface area contributed by atoms with Gasteiger partial charge in [0, 0.05) is 23.7 Å². The van der Waals surface area contributed by atoms with Crippen molar-refractivity contribution in [3.63, 3.8) is 0 Å². The number of fused-ring (bicyclic) bond motifs is 1. The lowest BCUT2D eigenvalue weighted by atomic mass is 10.0. The van der Waals surface area contributed by atoms with E-state index in [9.17, 15) is 18.8 Å². The summed E-state index contributed by atoms with van der Waals surface area (Å²) in [5.41, 5.74) is 6.26. The maximum Gasteiger partial charge on any atom is 0.264 e. The van der Waals surface area contributed by atoms with Crippen molar-refractivity contribution in [1.82, 2.24) is 30.0 Å². The number of amides is 1. The molecule has 228 valence electrons. The van der Waals surface area contributed by atoms with Crippen molar-refractivity contribution in [2.75, 3.05) is 18.8 Å². The molecule has 1 aliphatic rings. The van der Waals surface area contributed by atoms with Crippen LogP contribution in [0.15, 0.2) is 54.4 Å². The van der Waals surface area contributed by atoms with Gasteiger partial charge in [0.05, 0.1) is 18.0 Å². The number of nitrogens with one attached hydrogen (secondary N) is 1. The van der Waals surface area contributed by atoms with Gasteiger partial charge in [0.1, 0.15) is 41.0 Å². The highest BCUT2D eigenvalue weighted by atomic mass is 19.2. The summed E-state index contributed by atoms with van der Waals surface area (Å²) in [6.07, 6.45) is 4.31. The van der Waals surface area contributed by atoms with E-state index in [0.717, 1.165) is 18.6 Å². The molecule has 3 heterocycles. The normalized spacial score (nSPS) is 15.5. The van der Waals surface area contributed by atoms with Crippen molar-refractivity contribution in [3.05, 3.63) is 71.8 Å². The number of ether oxygens (including phenoxy) is 1. The molecule has 0 aliphatic carbocycles. The number of rotatable bonds is 9. The molecular weight excluding hydrogens is 573 g/mol. The molecule has 10 nitrogen and oxygen atoms in total. The van der Waals surface area contributed by atoms with Crippen LogP contribution >= 0.6 is 0 Å². The molecule has 0 bridgehead atoms. The summed E-state index contributed by atoms with van der Waals surface area (Å²) < 4.78 is 50.1. The first-order chi connectivity index (χ1) is 21.0. The zero-order chi connectivity index (χ0) is 31.6. The number of aromatic nitrogens is 4. The van der Waals surface area contributed by atoms with Gasteiger partial charge in [0.15, 0.2) is 17.2 Å². The summed E-state index contributed by atoms with van der Waals surface area (Å²) >= 11 is 0. The van der Waals surface area contributed by atoms with E-state index in [2.05, 4.69) is 26.5 Å². The van der Waals surface area contributed by atoms with Gasteiger partial charge in [-0.3, -0.25) is 4.79 Å². The summed E-state index contributed by atoms with van der Waals surface area (Å²) in [4.78, 5) is 23.5. The van der Waals surface area contributed by atoms with E-state index in [1.807, 2.05) is 20.8 Å². The van der Waals surface area contributed by atoms with Crippen LogP contribution in [0.4, 0.5) is 19.0 Å². The number of benzene rings is 2. The van der Waals surface area contributed by atoms with Gasteiger partial charge in [-0.15, -0.1) is 0 Å². The Balaban J connectivity index is 1.46. The fourth-order valence-corrected chi connectivity index (χ4v) is 5.44. The van der Waals surface area contributed by atoms with Crippen LogP contribution in [-0.4, -0.2) is 55.2 Å². The summed E-state index contributed by atoms with van der Waals surface area (Å²) in [7, 11) is 0. The number of hydrogen-bond acceptors (Lipinski definition) is 8. The predicted octanol–water partition coefficient (Wildman–Crippen LogP) is 5.11. The third-order valence-corrected chi connectivity index (χ3v) is 7.41. The highest BCUT2D eigenvalue weighted by Crippen LogP contribution is 2.35. The summed E-state index contributed by atoms with van der Waals surface area (Å²) in [6.45, 7) is 7.08. The van der Waals surface area contributed by atoms with Crippen molar-refractivity contribution >= 4 is 22.8 Å². The van der Waals surface area contributed by atoms with Crippen LogP contribution in [0.25, 0.3) is 22.3 Å². The Kier molecular flexibility index (Phi) is 8.55. The second kappa shape index (κ2) is 12.3. The SMILES string of the molecule is CCNC(C)(C)C=C(C#N)C(=O)N1CCC[C@H]1Cn1nc(-c2ccc(Oc3cccc(F)c3F)cc2F)c2c(N)ncnc21. The van der Waals surface area contributed by atoms with Gasteiger partial charge in [-0.25, -0.2) is 23.4 Å². The number of halogens is 3. The Morgan fingerprint density at radius 1 is 1.23 bits per heavy atom. The van der Waals surface area contributed by atoms with Crippen LogP contribution in [0.3, 0.4) is 0 Å². The molecule has 1 atom stereocenters. The first-order valence-corrected chi connectivity index (χ1v) is 14.1. The fourth-order valence-electron chi connectivity index (χ4n) is 5.44. The van der Waals surface area contributed by atoms with Crippen molar-refractivity contribution < 1.29 is 22.7 Å². The predicted molar refractivity (Wildman–Crippen MR) is 158 cm³/mol. The molecule has 2 aromatic carbocycles. The Morgan fingerprint density at radius 2 is 2.02 bits per heavy atom. The summed E-state index contributed by atoms with van der Waals surface area (Å²) in [5, 5.41) is 18.0. The largest absolute Gasteiger partial charge is 0.454 e. The quantitative estimate of drug-likeness (QED) is 0.199. The van der Waals surface area contributed by atoms with Gasteiger partial charge >= 0.3 is 0 Å². The van der Waals surface area contributed by atoms with Crippen molar-refractivity contribution in [3.8, 4) is 28.8 Å². The highest BCUT2D eigenvalue weighted by Gasteiger charge is 2.33.